The number of carbonyl (C=O) groups is 1. The second-order valence-electron chi connectivity index (χ2n) is 6.31. The van der Waals surface area contributed by atoms with E-state index in [-0.39, 0.29) is 6.03 Å². The molecule has 1 fully saturated rings. The molecule has 0 saturated carbocycles. The van der Waals surface area contributed by atoms with Crippen molar-refractivity contribution in [1.82, 2.24) is 15.2 Å². The number of thiazole rings is 1. The summed E-state index contributed by atoms with van der Waals surface area (Å²) in [6.07, 6.45) is 8.61. The fourth-order valence-electron chi connectivity index (χ4n) is 3.49. The smallest absolute Gasteiger partial charge is 0.317 e. The molecular weight excluding hydrogens is 294 g/mol. The number of allylic oxidation sites excluding steroid dienone is 2. The summed E-state index contributed by atoms with van der Waals surface area (Å²) in [5, 5.41) is 4.20. The van der Waals surface area contributed by atoms with Gasteiger partial charge >= 0.3 is 6.03 Å². The highest BCUT2D eigenvalue weighted by Gasteiger charge is 2.34. The van der Waals surface area contributed by atoms with Gasteiger partial charge in [-0.3, -0.25) is 0 Å². The van der Waals surface area contributed by atoms with Gasteiger partial charge in [0.1, 0.15) is 0 Å². The fraction of sp³-hybridized carbons (Fsp3) is 0.647. The van der Waals surface area contributed by atoms with Gasteiger partial charge in [0.2, 0.25) is 0 Å². The molecule has 1 N–H and O–H groups in total. The molecule has 0 spiro atoms. The molecule has 2 aliphatic rings. The standard InChI is InChI=1S/C17H25N3OS/c1-3-15-12(2)22-16(19-15)8-9-18-17(21)20-10-13-6-4-5-7-14(13)11-20/h4-5,13-14H,3,6-11H2,1-2H3,(H,18,21)/t13-,14-/m0/s1. The van der Waals surface area contributed by atoms with Crippen molar-refractivity contribution >= 4 is 17.4 Å². The van der Waals surface area contributed by atoms with Crippen molar-refractivity contribution < 1.29 is 4.79 Å². The van der Waals surface area contributed by atoms with Gasteiger partial charge in [-0.05, 0) is 38.0 Å². The lowest BCUT2D eigenvalue weighted by atomic mass is 9.86. The van der Waals surface area contributed by atoms with E-state index in [2.05, 4.69) is 36.3 Å². The molecular formula is C17H25N3OS. The molecule has 2 atom stereocenters. The van der Waals surface area contributed by atoms with Gasteiger partial charge in [0, 0.05) is 30.9 Å². The summed E-state index contributed by atoms with van der Waals surface area (Å²) in [6.45, 7) is 6.77. The zero-order valence-corrected chi connectivity index (χ0v) is 14.3. The topological polar surface area (TPSA) is 45.2 Å². The van der Waals surface area contributed by atoms with E-state index in [9.17, 15) is 4.79 Å². The van der Waals surface area contributed by atoms with Crippen LogP contribution < -0.4 is 5.32 Å². The van der Waals surface area contributed by atoms with Crippen LogP contribution in [0.5, 0.6) is 0 Å². The van der Waals surface area contributed by atoms with Crippen molar-refractivity contribution in [2.45, 2.75) is 39.5 Å². The monoisotopic (exact) mass is 319 g/mol. The maximum Gasteiger partial charge on any atom is 0.317 e. The Hall–Kier alpha value is -1.36. The summed E-state index contributed by atoms with van der Waals surface area (Å²) < 4.78 is 0. The van der Waals surface area contributed by atoms with Gasteiger partial charge in [-0.1, -0.05) is 19.1 Å². The number of nitrogens with zero attached hydrogens (tertiary/aromatic N) is 2. The third-order valence-electron chi connectivity index (χ3n) is 4.79. The lowest BCUT2D eigenvalue weighted by Crippen LogP contribution is -2.39. The number of amides is 2. The molecule has 5 heteroatoms. The zero-order valence-electron chi connectivity index (χ0n) is 13.5. The number of hydrogen-bond acceptors (Lipinski definition) is 3. The van der Waals surface area contributed by atoms with Crippen molar-refractivity contribution in [3.63, 3.8) is 0 Å². The van der Waals surface area contributed by atoms with E-state index in [0.717, 1.165) is 43.8 Å². The van der Waals surface area contributed by atoms with E-state index in [1.54, 1.807) is 11.3 Å². The molecule has 1 saturated heterocycles. The molecule has 120 valence electrons. The Labute approximate surface area is 136 Å². The largest absolute Gasteiger partial charge is 0.338 e. The highest BCUT2D eigenvalue weighted by molar-refractivity contribution is 7.11. The second-order valence-corrected chi connectivity index (χ2v) is 7.60. The maximum absolute atomic E-state index is 12.3. The first-order chi connectivity index (χ1) is 10.7. The predicted molar refractivity (Wildman–Crippen MR) is 90.3 cm³/mol. The summed E-state index contributed by atoms with van der Waals surface area (Å²) in [7, 11) is 0. The van der Waals surface area contributed by atoms with Gasteiger partial charge in [-0.15, -0.1) is 11.3 Å². The van der Waals surface area contributed by atoms with E-state index in [1.165, 1.54) is 10.6 Å². The normalized spacial score (nSPS) is 23.6. The van der Waals surface area contributed by atoms with Gasteiger partial charge in [0.25, 0.3) is 0 Å². The first kappa shape index (κ1) is 15.5. The van der Waals surface area contributed by atoms with Crippen LogP contribution in [-0.4, -0.2) is 35.5 Å². The number of hydrogen-bond donors (Lipinski definition) is 1. The summed E-state index contributed by atoms with van der Waals surface area (Å²) >= 11 is 1.75. The molecule has 3 rings (SSSR count). The molecule has 1 aliphatic carbocycles. The number of nitrogens with one attached hydrogen (secondary N) is 1. The summed E-state index contributed by atoms with van der Waals surface area (Å²) in [5.41, 5.74) is 1.20. The van der Waals surface area contributed by atoms with Crippen LogP contribution in [0, 0.1) is 18.8 Å². The first-order valence-electron chi connectivity index (χ1n) is 8.30. The van der Waals surface area contributed by atoms with Gasteiger partial charge in [0.05, 0.1) is 10.7 Å². The molecule has 4 nitrogen and oxygen atoms in total. The predicted octanol–water partition coefficient (Wildman–Crippen LogP) is 3.16. The molecule has 0 bridgehead atoms. The fourth-order valence-corrected chi connectivity index (χ4v) is 4.51. The number of aryl methyl sites for hydroxylation is 2. The average molecular weight is 319 g/mol. The first-order valence-corrected chi connectivity index (χ1v) is 9.12. The van der Waals surface area contributed by atoms with Crippen LogP contribution in [0.3, 0.4) is 0 Å². The summed E-state index contributed by atoms with van der Waals surface area (Å²) in [6, 6.07) is 0.0957. The Bertz CT molecular complexity index is 550. The van der Waals surface area contributed by atoms with Crippen LogP contribution >= 0.6 is 11.3 Å². The summed E-state index contributed by atoms with van der Waals surface area (Å²) in [4.78, 5) is 20.2. The van der Waals surface area contributed by atoms with Crippen molar-refractivity contribution in [1.29, 1.82) is 0 Å². The van der Waals surface area contributed by atoms with Gasteiger partial charge in [-0.2, -0.15) is 0 Å². The number of urea groups is 1. The highest BCUT2D eigenvalue weighted by Crippen LogP contribution is 2.32. The second kappa shape index (κ2) is 6.82. The Morgan fingerprint density at radius 1 is 1.36 bits per heavy atom. The molecule has 1 aliphatic heterocycles. The zero-order chi connectivity index (χ0) is 15.5. The van der Waals surface area contributed by atoms with E-state index in [0.29, 0.717) is 18.4 Å². The molecule has 22 heavy (non-hydrogen) atoms. The van der Waals surface area contributed by atoms with Crippen LogP contribution in [-0.2, 0) is 12.8 Å². The van der Waals surface area contributed by atoms with Crippen molar-refractivity contribution in [2.24, 2.45) is 11.8 Å². The molecule has 1 aromatic heterocycles. The van der Waals surface area contributed by atoms with E-state index in [4.69, 9.17) is 0 Å². The molecule has 0 aromatic carbocycles. The maximum atomic E-state index is 12.3. The van der Waals surface area contributed by atoms with Crippen LogP contribution in [0.1, 0.15) is 35.3 Å². The lowest BCUT2D eigenvalue weighted by molar-refractivity contribution is 0.206. The van der Waals surface area contributed by atoms with Crippen LogP contribution in [0.15, 0.2) is 12.2 Å². The molecule has 2 heterocycles. The summed E-state index contributed by atoms with van der Waals surface area (Å²) in [5.74, 6) is 1.34. The average Bonchev–Trinajstić information content (AvgIpc) is 3.10. The minimum absolute atomic E-state index is 0.0957. The molecule has 0 unspecified atom stereocenters. The van der Waals surface area contributed by atoms with Crippen LogP contribution in [0.4, 0.5) is 4.79 Å². The number of carbonyl (C=O) groups excluding carboxylic acids is 1. The van der Waals surface area contributed by atoms with Gasteiger partial charge in [0.15, 0.2) is 0 Å². The number of aromatic nitrogens is 1. The Kier molecular flexibility index (Phi) is 4.81. The van der Waals surface area contributed by atoms with Crippen LogP contribution in [0.25, 0.3) is 0 Å². The van der Waals surface area contributed by atoms with E-state index >= 15 is 0 Å². The SMILES string of the molecule is CCc1nc(CCNC(=O)N2C[C@@H]3CC=CC[C@H]3C2)sc1C. The van der Waals surface area contributed by atoms with Crippen molar-refractivity contribution in [2.75, 3.05) is 19.6 Å². The van der Waals surface area contributed by atoms with Crippen molar-refractivity contribution in [3.05, 3.63) is 27.7 Å². The van der Waals surface area contributed by atoms with E-state index < -0.39 is 0 Å². The molecule has 2 amide bonds. The number of likely N-dealkylation sites (tertiary alicyclic amines) is 1. The number of rotatable bonds is 4. The Morgan fingerprint density at radius 2 is 2.05 bits per heavy atom. The van der Waals surface area contributed by atoms with E-state index in [1.807, 2.05) is 4.90 Å². The van der Waals surface area contributed by atoms with Crippen molar-refractivity contribution in [3.8, 4) is 0 Å². The van der Waals surface area contributed by atoms with Crippen LogP contribution in [0.2, 0.25) is 0 Å². The lowest BCUT2D eigenvalue weighted by Gasteiger charge is -2.17. The minimum Gasteiger partial charge on any atom is -0.338 e. The Balaban J connectivity index is 1.44. The molecule has 1 aromatic rings. The van der Waals surface area contributed by atoms with Gasteiger partial charge < -0.3 is 10.2 Å². The quantitative estimate of drug-likeness (QED) is 0.867. The Morgan fingerprint density at radius 3 is 2.64 bits per heavy atom. The minimum atomic E-state index is 0.0957. The third-order valence-corrected chi connectivity index (χ3v) is 5.87. The molecule has 0 radical (unpaired) electrons. The number of fused-ring (bicyclic) bond motifs is 1. The third kappa shape index (κ3) is 3.35. The highest BCUT2D eigenvalue weighted by atomic mass is 32.1. The van der Waals surface area contributed by atoms with Gasteiger partial charge in [-0.25, -0.2) is 9.78 Å².